The third kappa shape index (κ3) is 4.80. The monoisotopic (exact) mass is 438 g/mol. The van der Waals surface area contributed by atoms with Gasteiger partial charge in [-0.2, -0.15) is 31.3 Å². The number of alkyl halides is 6. The van der Waals surface area contributed by atoms with Crippen LogP contribution >= 0.6 is 0 Å². The van der Waals surface area contributed by atoms with Crippen molar-refractivity contribution in [2.24, 2.45) is 0 Å². The number of benzene rings is 1. The van der Waals surface area contributed by atoms with Crippen molar-refractivity contribution in [1.82, 2.24) is 20.3 Å². The largest absolute Gasteiger partial charge is 0.489 e. The second-order valence-electron chi connectivity index (χ2n) is 5.94. The normalized spacial score (nSPS) is 12.3. The fourth-order valence-corrected chi connectivity index (χ4v) is 2.42. The van der Waals surface area contributed by atoms with Gasteiger partial charge in [-0.15, -0.1) is 4.98 Å². The van der Waals surface area contributed by atoms with Crippen molar-refractivity contribution in [2.45, 2.75) is 26.2 Å². The minimum absolute atomic E-state index is 0.0782. The molecule has 0 aliphatic rings. The van der Waals surface area contributed by atoms with Crippen LogP contribution in [0.3, 0.4) is 0 Å². The first-order valence-electron chi connectivity index (χ1n) is 8.14. The van der Waals surface area contributed by atoms with Gasteiger partial charge in [-0.05, 0) is 42.3 Å². The summed E-state index contributed by atoms with van der Waals surface area (Å²) in [6, 6.07) is 3.00. The lowest BCUT2D eigenvalue weighted by Gasteiger charge is -2.13. The van der Waals surface area contributed by atoms with E-state index in [1.54, 1.807) is 13.8 Å². The average Bonchev–Trinajstić information content (AvgIpc) is 3.29. The second-order valence-corrected chi connectivity index (χ2v) is 5.94. The Morgan fingerprint density at radius 1 is 0.833 bits per heavy atom. The Balaban J connectivity index is 1.62. The second kappa shape index (κ2) is 7.84. The zero-order valence-electron chi connectivity index (χ0n) is 15.3. The molecule has 0 amide bonds. The van der Waals surface area contributed by atoms with Crippen LogP contribution < -0.4 is 9.47 Å². The van der Waals surface area contributed by atoms with E-state index in [1.807, 2.05) is 0 Å². The minimum Gasteiger partial charge on any atom is -0.489 e. The van der Waals surface area contributed by atoms with Gasteiger partial charge in [0.15, 0.2) is 0 Å². The van der Waals surface area contributed by atoms with Crippen LogP contribution in [0.15, 0.2) is 21.2 Å². The van der Waals surface area contributed by atoms with Gasteiger partial charge >= 0.3 is 24.3 Å². The molecule has 0 aliphatic heterocycles. The quantitative estimate of drug-likeness (QED) is 0.417. The van der Waals surface area contributed by atoms with Gasteiger partial charge in [0.2, 0.25) is 5.82 Å². The van der Waals surface area contributed by atoms with E-state index in [1.165, 1.54) is 12.1 Å². The number of rotatable bonds is 6. The van der Waals surface area contributed by atoms with Gasteiger partial charge in [0.05, 0.1) is 0 Å². The third-order valence-electron chi connectivity index (χ3n) is 3.60. The van der Waals surface area contributed by atoms with Crippen LogP contribution in [0.2, 0.25) is 0 Å². The van der Waals surface area contributed by atoms with Gasteiger partial charge < -0.3 is 14.0 Å². The maximum Gasteiger partial charge on any atom is 0.471 e. The minimum atomic E-state index is -4.75. The van der Waals surface area contributed by atoms with E-state index in [0.29, 0.717) is 22.4 Å². The number of hydrogen-bond acceptors (Lipinski definition) is 8. The van der Waals surface area contributed by atoms with Crippen molar-refractivity contribution in [3.8, 4) is 23.2 Å². The smallest absolute Gasteiger partial charge is 0.471 e. The molecule has 0 fully saturated rings. The summed E-state index contributed by atoms with van der Waals surface area (Å²) in [5, 5.41) is 6.06. The summed E-state index contributed by atoms with van der Waals surface area (Å²) in [5.74, 6) is -2.75. The molecule has 14 heteroatoms. The summed E-state index contributed by atoms with van der Waals surface area (Å²) in [6.45, 7) is 3.02. The lowest BCUT2D eigenvalue weighted by Crippen LogP contribution is -2.11. The Bertz CT molecular complexity index is 1000. The molecular formula is C16H12F6N4O4. The zero-order chi connectivity index (χ0) is 22.1. The molecule has 1 aromatic carbocycles. The van der Waals surface area contributed by atoms with Crippen molar-refractivity contribution in [3.63, 3.8) is 0 Å². The summed E-state index contributed by atoms with van der Waals surface area (Å²) >= 11 is 0. The molecule has 3 aromatic rings. The highest BCUT2D eigenvalue weighted by atomic mass is 19.4. The van der Waals surface area contributed by atoms with Crippen LogP contribution in [0, 0.1) is 13.8 Å². The number of halogens is 6. The molecule has 2 heterocycles. The highest BCUT2D eigenvalue weighted by Gasteiger charge is 2.39. The molecule has 0 saturated carbocycles. The summed E-state index contributed by atoms with van der Waals surface area (Å²) in [5.41, 5.74) is 1.40. The van der Waals surface area contributed by atoms with Gasteiger partial charge in [-0.1, -0.05) is 5.16 Å². The van der Waals surface area contributed by atoms with Gasteiger partial charge in [0.1, 0.15) is 19.0 Å². The predicted octanol–water partition coefficient (Wildman–Crippen LogP) is 4.23. The lowest BCUT2D eigenvalue weighted by atomic mass is 10.1. The average molecular weight is 438 g/mol. The maximum atomic E-state index is 12.6. The molecule has 0 saturated heterocycles. The van der Waals surface area contributed by atoms with E-state index >= 15 is 0 Å². The maximum absolute atomic E-state index is 12.6. The third-order valence-corrected chi connectivity index (χ3v) is 3.60. The fourth-order valence-electron chi connectivity index (χ4n) is 2.42. The van der Waals surface area contributed by atoms with E-state index in [0.717, 1.165) is 0 Å². The van der Waals surface area contributed by atoms with Gasteiger partial charge in [-0.25, -0.2) is 0 Å². The van der Waals surface area contributed by atoms with Crippen molar-refractivity contribution < 1.29 is 44.9 Å². The van der Waals surface area contributed by atoms with E-state index < -0.39 is 30.1 Å². The van der Waals surface area contributed by atoms with E-state index in [-0.39, 0.29) is 19.0 Å². The van der Waals surface area contributed by atoms with Crippen LogP contribution in [0.4, 0.5) is 26.3 Å². The summed E-state index contributed by atoms with van der Waals surface area (Å²) < 4.78 is 93.9. The van der Waals surface area contributed by atoms with E-state index in [9.17, 15) is 26.3 Å². The Labute approximate surface area is 163 Å². The molecule has 0 radical (unpaired) electrons. The summed E-state index contributed by atoms with van der Waals surface area (Å²) in [7, 11) is 0. The molecule has 8 nitrogen and oxygen atoms in total. The molecule has 0 unspecified atom stereocenters. The summed E-state index contributed by atoms with van der Waals surface area (Å²) in [6.07, 6.45) is -10.2. The topological polar surface area (TPSA) is 96.3 Å². The van der Waals surface area contributed by atoms with Crippen molar-refractivity contribution in [2.75, 3.05) is 13.2 Å². The number of hydrogen-bond donors (Lipinski definition) is 0. The van der Waals surface area contributed by atoms with Crippen LogP contribution in [0.25, 0.3) is 11.4 Å². The highest BCUT2D eigenvalue weighted by Crippen LogP contribution is 2.32. The molecule has 0 aliphatic carbocycles. The SMILES string of the molecule is Cc1cc(-c2noc(C(F)(F)F)n2)cc(C)c1OCCOc1nc(C(F)(F)F)no1. The van der Waals surface area contributed by atoms with Crippen LogP contribution in [-0.4, -0.2) is 33.5 Å². The number of aromatic nitrogens is 4. The lowest BCUT2D eigenvalue weighted by molar-refractivity contribution is -0.159. The summed E-state index contributed by atoms with van der Waals surface area (Å²) in [4.78, 5) is 6.37. The molecule has 162 valence electrons. The molecule has 0 N–H and O–H groups in total. The van der Waals surface area contributed by atoms with Crippen LogP contribution in [0.1, 0.15) is 22.8 Å². The first-order chi connectivity index (χ1) is 13.9. The molecule has 3 rings (SSSR count). The Morgan fingerprint density at radius 3 is 2.00 bits per heavy atom. The Morgan fingerprint density at radius 2 is 1.47 bits per heavy atom. The van der Waals surface area contributed by atoms with E-state index in [2.05, 4.69) is 29.3 Å². The Kier molecular flexibility index (Phi) is 5.59. The molecule has 2 aromatic heterocycles. The zero-order valence-corrected chi connectivity index (χ0v) is 15.3. The first kappa shape index (κ1) is 21.4. The van der Waals surface area contributed by atoms with E-state index in [4.69, 9.17) is 9.47 Å². The fraction of sp³-hybridized carbons (Fsp3) is 0.375. The molecule has 0 bridgehead atoms. The first-order valence-corrected chi connectivity index (χ1v) is 8.14. The number of aryl methyl sites for hydroxylation is 2. The molecular weight excluding hydrogens is 426 g/mol. The van der Waals surface area contributed by atoms with Crippen molar-refractivity contribution in [1.29, 1.82) is 0 Å². The molecule has 0 atom stereocenters. The number of ether oxygens (including phenoxy) is 2. The number of nitrogens with zero attached hydrogens (tertiary/aromatic N) is 4. The standard InChI is InChI=1S/C16H12F6N4O4/c1-7-5-9(11-23-13(29-25-11)16(20,21)22)6-8(2)10(7)27-3-4-28-14-24-12(26-30-14)15(17,18)19/h5-6H,3-4H2,1-2H3. The van der Waals surface area contributed by atoms with Gasteiger partial charge in [-0.3, -0.25) is 4.52 Å². The van der Waals surface area contributed by atoms with Crippen LogP contribution in [-0.2, 0) is 12.4 Å². The predicted molar refractivity (Wildman–Crippen MR) is 84.5 cm³/mol. The van der Waals surface area contributed by atoms with Gasteiger partial charge in [0.25, 0.3) is 5.82 Å². The van der Waals surface area contributed by atoms with Crippen molar-refractivity contribution in [3.05, 3.63) is 35.0 Å². The molecule has 30 heavy (non-hydrogen) atoms. The van der Waals surface area contributed by atoms with Gasteiger partial charge in [0, 0.05) is 5.56 Å². The van der Waals surface area contributed by atoms with Crippen molar-refractivity contribution >= 4 is 0 Å². The Hall–Kier alpha value is -3.32. The van der Waals surface area contributed by atoms with Crippen LogP contribution in [0.5, 0.6) is 11.8 Å². The highest BCUT2D eigenvalue weighted by molar-refractivity contribution is 5.61. The molecule has 0 spiro atoms.